The van der Waals surface area contributed by atoms with E-state index in [1.807, 2.05) is 124 Å². The van der Waals surface area contributed by atoms with E-state index in [9.17, 15) is 30.7 Å². The van der Waals surface area contributed by atoms with E-state index in [0.29, 0.717) is 73.5 Å². The average Bonchev–Trinajstić information content (AvgIpc) is 1.67. The summed E-state index contributed by atoms with van der Waals surface area (Å²) in [6.07, 6.45) is -4.80. The summed E-state index contributed by atoms with van der Waals surface area (Å²) >= 11 is 5.88. The highest BCUT2D eigenvalue weighted by atomic mass is 35.5. The molecular weight excluding hydrogens is 1470 g/mol. The number of hydrogen-bond donors (Lipinski definition) is 8. The van der Waals surface area contributed by atoms with Crippen molar-refractivity contribution in [3.05, 3.63) is 251 Å². The zero-order valence-electron chi connectivity index (χ0n) is 58.4. The lowest BCUT2D eigenvalue weighted by molar-refractivity contribution is -0.274. The van der Waals surface area contributed by atoms with Gasteiger partial charge in [0.15, 0.2) is 58.0 Å². The number of fused-ring (bicyclic) bond motifs is 5. The van der Waals surface area contributed by atoms with Gasteiger partial charge in [-0.3, -0.25) is 18.7 Å². The molecule has 12 N–H and O–H groups in total. The summed E-state index contributed by atoms with van der Waals surface area (Å²) in [5.74, 6) is -1.10. The van der Waals surface area contributed by atoms with Crippen molar-refractivity contribution >= 4 is 125 Å². The van der Waals surface area contributed by atoms with E-state index >= 15 is 0 Å². The summed E-state index contributed by atoms with van der Waals surface area (Å²) in [5.41, 5.74) is 33.0. The Balaban J connectivity index is 0.000000123. The van der Waals surface area contributed by atoms with E-state index in [1.165, 1.54) is 12.1 Å². The van der Waals surface area contributed by atoms with Crippen LogP contribution in [0.2, 0.25) is 5.02 Å². The van der Waals surface area contributed by atoms with Crippen molar-refractivity contribution in [2.24, 2.45) is 4.99 Å². The number of hydrogen-bond acceptors (Lipinski definition) is 24. The van der Waals surface area contributed by atoms with Crippen LogP contribution in [0.25, 0.3) is 50.9 Å². The lowest BCUT2D eigenvalue weighted by Crippen LogP contribution is -2.17. The third-order valence-corrected chi connectivity index (χ3v) is 17.1. The summed E-state index contributed by atoms with van der Waals surface area (Å²) < 4.78 is 114. The molecule has 2 aliphatic rings. The maximum absolute atomic E-state index is 14.6. The van der Waals surface area contributed by atoms with Gasteiger partial charge >= 0.3 is 6.36 Å². The van der Waals surface area contributed by atoms with Crippen LogP contribution in [-0.2, 0) is 0 Å². The van der Waals surface area contributed by atoms with E-state index in [-0.39, 0.29) is 77.0 Å². The Morgan fingerprint density at radius 2 is 0.847 bits per heavy atom. The maximum atomic E-state index is 14.6. The van der Waals surface area contributed by atoms with E-state index in [0.717, 1.165) is 51.2 Å². The topological polar surface area (TPSA) is 373 Å². The Labute approximate surface area is 629 Å². The monoisotopic (exact) mass is 1520 g/mol. The fourth-order valence-electron chi connectivity index (χ4n) is 11.9. The molecule has 27 nitrogen and oxygen atoms in total. The second-order valence-corrected chi connectivity index (χ2v) is 24.8. The molecule has 1 atom stereocenters. The van der Waals surface area contributed by atoms with Crippen molar-refractivity contribution in [2.45, 2.75) is 40.0 Å². The van der Waals surface area contributed by atoms with Crippen LogP contribution in [0.15, 0.2) is 193 Å². The van der Waals surface area contributed by atoms with Crippen LogP contribution in [-0.4, -0.2) is 87.4 Å². The van der Waals surface area contributed by atoms with Crippen LogP contribution in [0.5, 0.6) is 17.2 Å². The molecule has 0 radical (unpaired) electrons. The molecule has 8 aromatic carbocycles. The van der Waals surface area contributed by atoms with Gasteiger partial charge in [-0.25, -0.2) is 24.9 Å². The minimum atomic E-state index is -4.80. The highest BCUT2D eigenvalue weighted by molar-refractivity contribution is 6.30. The highest BCUT2D eigenvalue weighted by Gasteiger charge is 2.32. The minimum absolute atomic E-state index is 0.0145. The number of alkyl halides is 3. The first-order chi connectivity index (χ1) is 53.4. The van der Waals surface area contributed by atoms with Crippen LogP contribution in [0, 0.1) is 55.4 Å². The Kier molecular flexibility index (Phi) is 20.2. The van der Waals surface area contributed by atoms with Gasteiger partial charge in [-0.1, -0.05) is 66.2 Å². The van der Waals surface area contributed by atoms with Gasteiger partial charge < -0.3 is 58.4 Å². The number of nitriles is 1. The number of halogens is 8. The van der Waals surface area contributed by atoms with Crippen LogP contribution in [0.4, 0.5) is 106 Å². The van der Waals surface area contributed by atoms with E-state index in [1.54, 1.807) is 87.4 Å². The predicted octanol–water partition coefficient (Wildman–Crippen LogP) is 16.1. The first kappa shape index (κ1) is 73.2. The fraction of sp³-hybridized carbons (Fsp3) is 0.0921. The zero-order chi connectivity index (χ0) is 77.9. The van der Waals surface area contributed by atoms with Gasteiger partial charge in [0.05, 0.1) is 56.3 Å². The number of nitrogens with zero attached hydrogens (tertiary/aromatic N) is 16. The second-order valence-electron chi connectivity index (χ2n) is 24.4. The second kappa shape index (κ2) is 30.6. The molecule has 15 aromatic rings. The lowest BCUT2D eigenvalue weighted by atomic mass is 9.95. The summed E-state index contributed by atoms with van der Waals surface area (Å²) in [4.78, 5) is 51.6. The summed E-state index contributed by atoms with van der Waals surface area (Å²) in [6, 6.07) is 55.5. The van der Waals surface area contributed by atoms with Crippen molar-refractivity contribution < 1.29 is 44.9 Å². The van der Waals surface area contributed by atoms with Gasteiger partial charge in [-0.15, -0.1) is 13.2 Å². The molecule has 9 heterocycles. The summed E-state index contributed by atoms with van der Waals surface area (Å²) in [5, 5.41) is 20.9. The molecule has 7 aromatic heterocycles. The standard InChI is InChI=1S/C20H15FN6.C19H14F4N6O.C19H15FN6O2.C18H14ClFN6/c1-11-16(14-4-2-3-5-15(14)24-11)19-26-18(23)17(21)20(27-19)25-13-8-6-12(10-22)7-9-13;1-10-25-13-4-2-3-5-14(13)29(10)18-27-16(24)15(20)17(28-18)26-11-6-8-12(9-7-11)30-19(21,22)23;1-10-22-12-4-2-3-5-13(12)26(10)19-24-17(21)16(20)18(25-19)23-11-6-7-14-15(8-11)28-9-27-14;1-10-22-13-4-2-3-5-14(13)26(10)18-24-16(21)15(20)17(25-18)23-12-8-6-11(19)7-9-12/h2-9,16H,1H3,(H3,23,25,26,27);2-9H,1H3,(H3,24,26,27,28);2-8H,9H2,1H3,(H3,21,23,24,25);2-9H,1H3,(H3,21,23,24,25). The molecule has 0 bridgehead atoms. The molecule has 0 saturated carbocycles. The molecule has 0 saturated heterocycles. The predicted molar refractivity (Wildman–Crippen MR) is 406 cm³/mol. The van der Waals surface area contributed by atoms with Gasteiger partial charge in [0.2, 0.25) is 47.9 Å². The first-order valence-electron chi connectivity index (χ1n) is 33.3. The average molecular weight is 1520 g/mol. The Bertz CT molecular complexity index is 6140. The number of aryl methyl sites for hydroxylation is 3. The number of nitrogens with two attached hydrogens (primary N) is 4. The number of ether oxygens (including phenoxy) is 3. The summed E-state index contributed by atoms with van der Waals surface area (Å²) in [6.45, 7) is 7.45. The maximum Gasteiger partial charge on any atom is 0.573 e. The van der Waals surface area contributed by atoms with Crippen molar-refractivity contribution in [3.63, 3.8) is 0 Å². The molecule has 0 aliphatic carbocycles. The molecule has 1 unspecified atom stereocenters. The minimum Gasteiger partial charge on any atom is -0.454 e. The Morgan fingerprint density at radius 3 is 1.31 bits per heavy atom. The van der Waals surface area contributed by atoms with Crippen LogP contribution < -0.4 is 58.4 Å². The van der Waals surface area contributed by atoms with Crippen LogP contribution in [0.3, 0.4) is 0 Å². The molecule has 0 amide bonds. The van der Waals surface area contributed by atoms with Crippen molar-refractivity contribution in [1.29, 1.82) is 5.26 Å². The van der Waals surface area contributed by atoms with E-state index in [2.05, 4.69) is 85.8 Å². The quantitative estimate of drug-likeness (QED) is 0.0497. The smallest absolute Gasteiger partial charge is 0.454 e. The number of nitrogens with one attached hydrogen (secondary N) is 4. The van der Waals surface area contributed by atoms with Crippen molar-refractivity contribution in [3.8, 4) is 41.2 Å². The van der Waals surface area contributed by atoms with Crippen molar-refractivity contribution in [1.82, 2.24) is 68.5 Å². The van der Waals surface area contributed by atoms with E-state index in [4.69, 9.17) is 49.3 Å². The normalized spacial score (nSPS) is 12.5. The third-order valence-electron chi connectivity index (χ3n) is 16.9. The largest absolute Gasteiger partial charge is 0.573 e. The van der Waals surface area contributed by atoms with Gasteiger partial charge in [-0.2, -0.15) is 52.7 Å². The number of benzene rings is 8. The fourth-order valence-corrected chi connectivity index (χ4v) is 12.0. The number of aromatic nitrogens is 14. The van der Waals surface area contributed by atoms with Gasteiger partial charge in [0, 0.05) is 39.6 Å². The molecule has 0 fully saturated rings. The summed E-state index contributed by atoms with van der Waals surface area (Å²) in [7, 11) is 0. The molecule has 556 valence electrons. The number of rotatable bonds is 13. The van der Waals surface area contributed by atoms with Gasteiger partial charge in [0.1, 0.15) is 29.0 Å². The molecule has 35 heteroatoms. The molecule has 17 rings (SSSR count). The Morgan fingerprint density at radius 1 is 0.459 bits per heavy atom. The highest BCUT2D eigenvalue weighted by Crippen LogP contribution is 2.41. The van der Waals surface area contributed by atoms with Gasteiger partial charge in [-0.05, 0) is 161 Å². The van der Waals surface area contributed by atoms with Crippen LogP contribution in [0.1, 0.15) is 47.3 Å². The van der Waals surface area contributed by atoms with Crippen molar-refractivity contribution in [2.75, 3.05) is 51.0 Å². The zero-order valence-corrected chi connectivity index (χ0v) is 59.2. The lowest BCUT2D eigenvalue weighted by Gasteiger charge is -2.15. The van der Waals surface area contributed by atoms with Crippen LogP contribution >= 0.6 is 11.6 Å². The number of anilines is 12. The SMILES string of the molecule is CC1=Nc2ccccc2C1c1nc(N)c(F)c(Nc2ccc(C#N)cc2)n1.Cc1nc2ccccc2n1-c1nc(N)c(F)c(Nc2ccc(Cl)cc2)n1.Cc1nc2ccccc2n1-c1nc(N)c(F)c(Nc2ccc(OC(F)(F)F)cc2)n1.Cc1nc2ccccc2n1-c1nc(N)c(F)c(Nc2ccc3c(c2)OCO3)n1. The number of aliphatic imine (C=N–C) groups is 1. The van der Waals surface area contributed by atoms with E-state index < -0.39 is 41.2 Å². The number of nitrogen functional groups attached to an aromatic ring is 4. The number of imidazole rings is 3. The molecule has 2 aliphatic heterocycles. The van der Waals surface area contributed by atoms with Gasteiger partial charge in [0.25, 0.3) is 0 Å². The number of para-hydroxylation sites is 7. The molecule has 0 spiro atoms. The molecule has 111 heavy (non-hydrogen) atoms. The third kappa shape index (κ3) is 15.8. The first-order valence-corrected chi connectivity index (χ1v) is 33.7. The Hall–Kier alpha value is -14.8. The molecular formula is C76H58ClF7N24O3.